The number of nitrogens with zero attached hydrogens (tertiary/aromatic N) is 2. The minimum atomic E-state index is -0.329. The van der Waals surface area contributed by atoms with Gasteiger partial charge in [0.2, 0.25) is 5.91 Å². The van der Waals surface area contributed by atoms with Gasteiger partial charge in [-0.1, -0.05) is 6.07 Å². The van der Waals surface area contributed by atoms with Crippen LogP contribution >= 0.6 is 0 Å². The van der Waals surface area contributed by atoms with E-state index in [0.717, 1.165) is 16.6 Å². The molecule has 144 valence electrons. The number of nitrogens with one attached hydrogen (secondary N) is 3. The molecule has 4 rings (SSSR count). The van der Waals surface area contributed by atoms with Crippen LogP contribution < -0.4 is 11.0 Å². The third kappa shape index (κ3) is 3.55. The summed E-state index contributed by atoms with van der Waals surface area (Å²) in [5.41, 5.74) is 1.80. The highest BCUT2D eigenvalue weighted by Gasteiger charge is 2.41. The lowest BCUT2D eigenvalue weighted by Crippen LogP contribution is -2.59. The molecule has 2 aliphatic rings. The van der Waals surface area contributed by atoms with Crippen LogP contribution in [0.1, 0.15) is 18.4 Å². The third-order valence-corrected chi connectivity index (χ3v) is 5.44. The molecule has 9 heteroatoms. The van der Waals surface area contributed by atoms with E-state index in [1.165, 1.54) is 0 Å². The van der Waals surface area contributed by atoms with Crippen molar-refractivity contribution in [2.75, 3.05) is 33.3 Å². The Morgan fingerprint density at radius 2 is 1.96 bits per heavy atom. The molecule has 1 spiro atoms. The molecule has 0 aliphatic carbocycles. The number of morpholine rings is 1. The topological polar surface area (TPSA) is 111 Å². The summed E-state index contributed by atoms with van der Waals surface area (Å²) in [4.78, 5) is 44.3. The molecular weight excluding hydrogens is 350 g/mol. The molecule has 1 aromatic carbocycles. The lowest BCUT2D eigenvalue weighted by molar-refractivity contribution is -0.167. The van der Waals surface area contributed by atoms with Crippen LogP contribution in [0.3, 0.4) is 0 Å². The molecule has 2 aromatic rings. The number of likely N-dealkylation sites (N-methyl/N-ethyl adjacent to an activating group) is 1. The Labute approximate surface area is 155 Å². The van der Waals surface area contributed by atoms with Crippen LogP contribution in [0.5, 0.6) is 0 Å². The van der Waals surface area contributed by atoms with Gasteiger partial charge in [-0.3, -0.25) is 4.79 Å². The fourth-order valence-corrected chi connectivity index (χ4v) is 3.79. The number of benzene rings is 1. The smallest absolute Gasteiger partial charge is 0.323 e. The second kappa shape index (κ2) is 6.73. The monoisotopic (exact) mass is 373 g/mol. The zero-order valence-corrected chi connectivity index (χ0v) is 15.2. The van der Waals surface area contributed by atoms with E-state index in [1.54, 1.807) is 16.8 Å². The van der Waals surface area contributed by atoms with Crippen molar-refractivity contribution in [2.45, 2.75) is 25.0 Å². The third-order valence-electron chi connectivity index (χ3n) is 5.44. The summed E-state index contributed by atoms with van der Waals surface area (Å²) >= 11 is 0. The molecule has 27 heavy (non-hydrogen) atoms. The zero-order chi connectivity index (χ0) is 19.0. The van der Waals surface area contributed by atoms with Crippen molar-refractivity contribution in [3.05, 3.63) is 34.2 Å². The predicted octanol–water partition coefficient (Wildman–Crippen LogP) is 0.389. The van der Waals surface area contributed by atoms with Gasteiger partial charge in [0.15, 0.2) is 0 Å². The van der Waals surface area contributed by atoms with E-state index in [0.29, 0.717) is 39.0 Å². The van der Waals surface area contributed by atoms with Crippen LogP contribution in [-0.2, 0) is 16.1 Å². The van der Waals surface area contributed by atoms with Gasteiger partial charge < -0.3 is 29.8 Å². The summed E-state index contributed by atoms with van der Waals surface area (Å²) in [7, 11) is 1.79. The molecule has 2 fully saturated rings. The number of piperidine rings is 1. The van der Waals surface area contributed by atoms with Crippen molar-refractivity contribution < 1.29 is 14.3 Å². The van der Waals surface area contributed by atoms with Crippen LogP contribution in [0.15, 0.2) is 23.0 Å². The average molecular weight is 373 g/mol. The van der Waals surface area contributed by atoms with Gasteiger partial charge in [0.25, 0.3) is 0 Å². The van der Waals surface area contributed by atoms with Crippen molar-refractivity contribution >= 4 is 23.0 Å². The summed E-state index contributed by atoms with van der Waals surface area (Å²) < 4.78 is 5.81. The van der Waals surface area contributed by atoms with Crippen LogP contribution in [-0.4, -0.2) is 70.6 Å². The number of rotatable bonds is 2. The molecule has 0 atom stereocenters. The highest BCUT2D eigenvalue weighted by atomic mass is 16.5. The first-order chi connectivity index (χ1) is 12.9. The summed E-state index contributed by atoms with van der Waals surface area (Å²) in [6.07, 6.45) is 1.43. The Kier molecular flexibility index (Phi) is 4.39. The number of aromatic amines is 2. The molecule has 1 aromatic heterocycles. The minimum Gasteiger partial charge on any atom is -0.363 e. The van der Waals surface area contributed by atoms with Gasteiger partial charge in [0, 0.05) is 33.2 Å². The number of carbonyl (C=O) groups is 2. The summed E-state index contributed by atoms with van der Waals surface area (Å²) in [5, 5.41) is 2.93. The highest BCUT2D eigenvalue weighted by Crippen LogP contribution is 2.30. The Balaban J connectivity index is 1.31. The molecule has 3 heterocycles. The van der Waals surface area contributed by atoms with Crippen LogP contribution in [0, 0.1) is 0 Å². The Morgan fingerprint density at radius 1 is 1.22 bits per heavy atom. The number of ether oxygens (including phenoxy) is 1. The largest absolute Gasteiger partial charge is 0.363 e. The van der Waals surface area contributed by atoms with Crippen molar-refractivity contribution in [1.29, 1.82) is 0 Å². The maximum atomic E-state index is 12.5. The molecule has 0 saturated carbocycles. The van der Waals surface area contributed by atoms with Gasteiger partial charge in [-0.2, -0.15) is 0 Å². The molecule has 3 N–H and O–H groups in total. The van der Waals surface area contributed by atoms with E-state index < -0.39 is 0 Å². The number of aromatic nitrogens is 2. The summed E-state index contributed by atoms with van der Waals surface area (Å²) in [5.74, 6) is 0.00142. The number of fused-ring (bicyclic) bond motifs is 1. The number of carbonyl (C=O) groups excluding carboxylic acids is 2. The number of amides is 3. The van der Waals surface area contributed by atoms with Gasteiger partial charge in [-0.25, -0.2) is 9.59 Å². The molecule has 9 nitrogen and oxygen atoms in total. The van der Waals surface area contributed by atoms with Crippen molar-refractivity contribution in [1.82, 2.24) is 25.1 Å². The maximum Gasteiger partial charge on any atom is 0.323 e. The number of H-pyrrole nitrogens is 2. The number of urea groups is 1. The van der Waals surface area contributed by atoms with E-state index in [4.69, 9.17) is 4.74 Å². The predicted molar refractivity (Wildman–Crippen MR) is 98.3 cm³/mol. The lowest BCUT2D eigenvalue weighted by atomic mass is 9.89. The number of imidazole rings is 1. The first kappa shape index (κ1) is 17.6. The summed E-state index contributed by atoms with van der Waals surface area (Å²) in [6, 6.07) is 5.42. The fraction of sp³-hybridized carbons (Fsp3) is 0.500. The van der Waals surface area contributed by atoms with E-state index in [9.17, 15) is 14.4 Å². The number of hydrogen-bond acceptors (Lipinski definition) is 4. The van der Waals surface area contributed by atoms with Crippen molar-refractivity contribution in [3.63, 3.8) is 0 Å². The maximum absolute atomic E-state index is 12.5. The standard InChI is InChI=1S/C18H23N5O4/c1-22-11-18(27-10-15(22)24)4-6-23(7-5-18)17(26)19-9-12-2-3-13-14(8-12)21-16(25)20-13/h2-3,8H,4-7,9-11H2,1H3,(H,19,26)(H2,20,21,25). The molecule has 0 radical (unpaired) electrons. The molecule has 2 saturated heterocycles. The van der Waals surface area contributed by atoms with Crippen LogP contribution in [0.4, 0.5) is 4.79 Å². The van der Waals surface area contributed by atoms with E-state index in [1.807, 2.05) is 18.2 Å². The van der Waals surface area contributed by atoms with Gasteiger partial charge in [0.05, 0.1) is 16.6 Å². The quantitative estimate of drug-likeness (QED) is 0.707. The fourth-order valence-electron chi connectivity index (χ4n) is 3.79. The van der Waals surface area contributed by atoms with Crippen LogP contribution in [0.25, 0.3) is 11.0 Å². The molecule has 0 bridgehead atoms. The first-order valence-electron chi connectivity index (χ1n) is 9.06. The summed E-state index contributed by atoms with van der Waals surface area (Å²) in [6.45, 7) is 2.27. The van der Waals surface area contributed by atoms with E-state index >= 15 is 0 Å². The van der Waals surface area contributed by atoms with Crippen molar-refractivity contribution in [2.24, 2.45) is 0 Å². The van der Waals surface area contributed by atoms with Gasteiger partial charge >= 0.3 is 11.7 Å². The average Bonchev–Trinajstić information content (AvgIpc) is 3.03. The molecule has 0 unspecified atom stereocenters. The molecule has 3 amide bonds. The van der Waals surface area contributed by atoms with Gasteiger partial charge in [0.1, 0.15) is 6.61 Å². The second-order valence-electron chi connectivity index (χ2n) is 7.33. The minimum absolute atomic E-state index is 0.00142. The highest BCUT2D eigenvalue weighted by molar-refractivity contribution is 5.78. The Bertz CT molecular complexity index is 925. The SMILES string of the molecule is CN1CC2(CCN(C(=O)NCc3ccc4[nH]c(=O)[nH]c4c3)CC2)OCC1=O. The Hall–Kier alpha value is -2.81. The first-order valence-corrected chi connectivity index (χ1v) is 9.06. The van der Waals surface area contributed by atoms with Crippen LogP contribution in [0.2, 0.25) is 0 Å². The van der Waals surface area contributed by atoms with Gasteiger partial charge in [-0.15, -0.1) is 0 Å². The Morgan fingerprint density at radius 3 is 2.70 bits per heavy atom. The molecule has 2 aliphatic heterocycles. The van der Waals surface area contributed by atoms with E-state index in [2.05, 4.69) is 15.3 Å². The van der Waals surface area contributed by atoms with Crippen molar-refractivity contribution in [3.8, 4) is 0 Å². The zero-order valence-electron chi connectivity index (χ0n) is 15.2. The number of likely N-dealkylation sites (tertiary alicyclic amines) is 1. The molecular formula is C18H23N5O4. The number of hydrogen-bond donors (Lipinski definition) is 3. The second-order valence-corrected chi connectivity index (χ2v) is 7.33. The lowest BCUT2D eigenvalue weighted by Gasteiger charge is -2.46. The normalized spacial score (nSPS) is 19.7. The van der Waals surface area contributed by atoms with Gasteiger partial charge in [-0.05, 0) is 30.5 Å². The van der Waals surface area contributed by atoms with E-state index in [-0.39, 0.29) is 29.8 Å².